The van der Waals surface area contributed by atoms with Gasteiger partial charge in [-0.25, -0.2) is 9.78 Å². The molecule has 0 amide bonds. The Balaban J connectivity index is 0.000000513. The summed E-state index contributed by atoms with van der Waals surface area (Å²) in [7, 11) is 0. The van der Waals surface area contributed by atoms with Gasteiger partial charge in [-0.05, 0) is 56.8 Å². The highest BCUT2D eigenvalue weighted by Crippen LogP contribution is 2.32. The van der Waals surface area contributed by atoms with E-state index < -0.39 is 5.97 Å². The van der Waals surface area contributed by atoms with E-state index in [1.54, 1.807) is 18.2 Å². The lowest BCUT2D eigenvalue weighted by Crippen LogP contribution is -2.49. The number of fused-ring (bicyclic) bond motifs is 1. The third-order valence-corrected chi connectivity index (χ3v) is 5.74. The van der Waals surface area contributed by atoms with Crippen molar-refractivity contribution in [1.29, 1.82) is 0 Å². The standard InChI is InChI=1S/C20H25N3O2.2CH2O2/c24-20(25)16-6-3-5-15(13-16)19-21-9-12-23(19)14-17-7-4-11-22-10-2-1-8-18(17)22;2*2-1-3/h3,5-6,9,12-13,17-18H,1-2,4,7-8,10-11,14H2,(H,24,25);2*1H,(H,2,3)/t17-,18+;;/m0../s1. The summed E-state index contributed by atoms with van der Waals surface area (Å²) in [6.45, 7) is 2.96. The molecule has 3 N–H and O–H groups in total. The van der Waals surface area contributed by atoms with Crippen molar-refractivity contribution in [2.45, 2.75) is 44.7 Å². The Labute approximate surface area is 180 Å². The van der Waals surface area contributed by atoms with Crippen LogP contribution < -0.4 is 0 Å². The van der Waals surface area contributed by atoms with E-state index in [4.69, 9.17) is 19.8 Å². The molecule has 2 saturated heterocycles. The minimum atomic E-state index is -0.898. The molecule has 3 heterocycles. The smallest absolute Gasteiger partial charge is 0.335 e. The van der Waals surface area contributed by atoms with Crippen LogP contribution >= 0.6 is 0 Å². The molecular formula is C22H29N3O6. The number of nitrogens with zero attached hydrogens (tertiary/aromatic N) is 3. The fourth-order valence-electron chi connectivity index (χ4n) is 4.55. The van der Waals surface area contributed by atoms with Crippen LogP contribution in [0, 0.1) is 5.92 Å². The summed E-state index contributed by atoms with van der Waals surface area (Å²) in [5, 5.41) is 23.0. The van der Waals surface area contributed by atoms with Crippen LogP contribution in [0.1, 0.15) is 42.5 Å². The van der Waals surface area contributed by atoms with Gasteiger partial charge in [0.05, 0.1) is 5.56 Å². The van der Waals surface area contributed by atoms with Crippen LogP contribution in [0.5, 0.6) is 0 Å². The number of aromatic nitrogens is 2. The van der Waals surface area contributed by atoms with Crippen molar-refractivity contribution in [3.8, 4) is 11.4 Å². The Morgan fingerprint density at radius 3 is 2.52 bits per heavy atom. The molecule has 2 aliphatic heterocycles. The van der Waals surface area contributed by atoms with E-state index in [2.05, 4.69) is 14.5 Å². The van der Waals surface area contributed by atoms with Crippen LogP contribution in [-0.4, -0.2) is 67.8 Å². The van der Waals surface area contributed by atoms with Gasteiger partial charge in [0.1, 0.15) is 5.82 Å². The summed E-state index contributed by atoms with van der Waals surface area (Å²) < 4.78 is 2.21. The van der Waals surface area contributed by atoms with Gasteiger partial charge in [-0.1, -0.05) is 18.6 Å². The second kappa shape index (κ2) is 12.5. The fraction of sp³-hybridized carbons (Fsp3) is 0.455. The molecule has 2 aliphatic rings. The number of aromatic carboxylic acids is 1. The molecule has 0 unspecified atom stereocenters. The zero-order valence-electron chi connectivity index (χ0n) is 17.3. The maximum atomic E-state index is 11.2. The Morgan fingerprint density at radius 2 is 1.81 bits per heavy atom. The molecule has 31 heavy (non-hydrogen) atoms. The molecule has 2 atom stereocenters. The summed E-state index contributed by atoms with van der Waals surface area (Å²) >= 11 is 0. The minimum Gasteiger partial charge on any atom is -0.483 e. The molecule has 0 spiro atoms. The molecule has 2 fully saturated rings. The number of carboxylic acids is 1. The summed E-state index contributed by atoms with van der Waals surface area (Å²) in [5.41, 5.74) is 1.18. The first-order chi connectivity index (χ1) is 15.0. The fourth-order valence-corrected chi connectivity index (χ4v) is 4.55. The lowest BCUT2D eigenvalue weighted by Gasteiger charge is -2.44. The molecule has 0 saturated carbocycles. The van der Waals surface area contributed by atoms with Crippen LogP contribution in [-0.2, 0) is 16.1 Å². The number of imidazole rings is 1. The highest BCUT2D eigenvalue weighted by Gasteiger charge is 2.33. The van der Waals surface area contributed by atoms with E-state index in [1.807, 2.05) is 18.5 Å². The molecule has 1 aromatic heterocycles. The van der Waals surface area contributed by atoms with Crippen molar-refractivity contribution in [3.63, 3.8) is 0 Å². The maximum absolute atomic E-state index is 11.2. The van der Waals surface area contributed by atoms with Gasteiger partial charge in [0, 0.05) is 30.5 Å². The van der Waals surface area contributed by atoms with E-state index >= 15 is 0 Å². The molecule has 2 aromatic rings. The number of benzene rings is 1. The highest BCUT2D eigenvalue weighted by atomic mass is 16.4. The van der Waals surface area contributed by atoms with E-state index in [0.29, 0.717) is 17.5 Å². The number of carbonyl (C=O) groups is 3. The quantitative estimate of drug-likeness (QED) is 0.630. The van der Waals surface area contributed by atoms with Gasteiger partial charge in [-0.3, -0.25) is 9.59 Å². The topological polar surface area (TPSA) is 133 Å². The van der Waals surface area contributed by atoms with Crippen LogP contribution in [0.25, 0.3) is 11.4 Å². The molecule has 0 aliphatic carbocycles. The van der Waals surface area contributed by atoms with Crippen molar-refractivity contribution in [1.82, 2.24) is 14.5 Å². The second-order valence-electron chi connectivity index (χ2n) is 7.50. The Morgan fingerprint density at radius 1 is 1.10 bits per heavy atom. The lowest BCUT2D eigenvalue weighted by molar-refractivity contribution is -0.123. The van der Waals surface area contributed by atoms with Gasteiger partial charge in [0.2, 0.25) is 0 Å². The van der Waals surface area contributed by atoms with E-state index in [0.717, 1.165) is 17.9 Å². The van der Waals surface area contributed by atoms with Crippen LogP contribution in [0.3, 0.4) is 0 Å². The van der Waals surface area contributed by atoms with Gasteiger partial charge in [0.25, 0.3) is 12.9 Å². The zero-order chi connectivity index (χ0) is 22.6. The average Bonchev–Trinajstić information content (AvgIpc) is 3.23. The number of rotatable bonds is 4. The SMILES string of the molecule is O=C(O)c1cccc(-c2nccn2C[C@@H]2CCCN3CCCC[C@H]23)c1.O=CO.O=CO. The molecule has 9 nitrogen and oxygen atoms in total. The van der Waals surface area contributed by atoms with Gasteiger partial charge in [-0.2, -0.15) is 0 Å². The normalized spacial score (nSPS) is 20.1. The van der Waals surface area contributed by atoms with Crippen LogP contribution in [0.4, 0.5) is 0 Å². The Bertz CT molecular complexity index is 845. The molecule has 0 radical (unpaired) electrons. The summed E-state index contributed by atoms with van der Waals surface area (Å²) in [6, 6.07) is 7.78. The lowest BCUT2D eigenvalue weighted by atomic mass is 9.83. The summed E-state index contributed by atoms with van der Waals surface area (Å²) in [4.78, 5) is 35.2. The van der Waals surface area contributed by atoms with E-state index in [1.165, 1.54) is 45.2 Å². The van der Waals surface area contributed by atoms with E-state index in [9.17, 15) is 9.90 Å². The first-order valence-electron chi connectivity index (χ1n) is 10.3. The first-order valence-corrected chi connectivity index (χ1v) is 10.3. The number of carboxylic acid groups (broad SMARTS) is 3. The van der Waals surface area contributed by atoms with Gasteiger partial charge in [0.15, 0.2) is 0 Å². The number of hydrogen-bond donors (Lipinski definition) is 3. The predicted molar refractivity (Wildman–Crippen MR) is 114 cm³/mol. The number of hydrogen-bond acceptors (Lipinski definition) is 5. The first kappa shape index (κ1) is 24.1. The summed E-state index contributed by atoms with van der Waals surface area (Å²) in [6.07, 6.45) is 10.4. The molecular weight excluding hydrogens is 402 g/mol. The van der Waals surface area contributed by atoms with E-state index in [-0.39, 0.29) is 12.9 Å². The van der Waals surface area contributed by atoms with Crippen molar-refractivity contribution >= 4 is 18.9 Å². The van der Waals surface area contributed by atoms with Crippen LogP contribution in [0.2, 0.25) is 0 Å². The monoisotopic (exact) mass is 431 g/mol. The average molecular weight is 431 g/mol. The third kappa shape index (κ3) is 6.65. The Hall–Kier alpha value is -3.20. The minimum absolute atomic E-state index is 0.250. The highest BCUT2D eigenvalue weighted by molar-refractivity contribution is 5.89. The van der Waals surface area contributed by atoms with Gasteiger partial charge < -0.3 is 24.8 Å². The molecule has 4 rings (SSSR count). The largest absolute Gasteiger partial charge is 0.483 e. The summed E-state index contributed by atoms with van der Waals surface area (Å²) in [5.74, 6) is 0.630. The number of piperidine rings is 2. The zero-order valence-corrected chi connectivity index (χ0v) is 17.3. The van der Waals surface area contributed by atoms with Crippen molar-refractivity contribution in [3.05, 3.63) is 42.2 Å². The molecule has 0 bridgehead atoms. The Kier molecular flexibility index (Phi) is 9.70. The van der Waals surface area contributed by atoms with Gasteiger partial charge in [-0.15, -0.1) is 0 Å². The van der Waals surface area contributed by atoms with Crippen molar-refractivity contribution in [2.24, 2.45) is 5.92 Å². The van der Waals surface area contributed by atoms with Gasteiger partial charge >= 0.3 is 5.97 Å². The predicted octanol–water partition coefficient (Wildman–Crippen LogP) is 2.91. The van der Waals surface area contributed by atoms with Crippen molar-refractivity contribution < 1.29 is 29.7 Å². The molecule has 168 valence electrons. The second-order valence-corrected chi connectivity index (χ2v) is 7.50. The maximum Gasteiger partial charge on any atom is 0.335 e. The molecule has 1 aromatic carbocycles. The van der Waals surface area contributed by atoms with Crippen LogP contribution in [0.15, 0.2) is 36.7 Å². The molecule has 9 heteroatoms. The third-order valence-electron chi connectivity index (χ3n) is 5.74. The van der Waals surface area contributed by atoms with Crippen molar-refractivity contribution in [2.75, 3.05) is 13.1 Å².